The number of nitrogens with one attached hydrogen (secondary N) is 1. The third kappa shape index (κ3) is 6.08. The molecule has 27 heavy (non-hydrogen) atoms. The highest BCUT2D eigenvalue weighted by Crippen LogP contribution is 2.36. The van der Waals surface area contributed by atoms with Gasteiger partial charge in [-0.05, 0) is 12.8 Å². The first-order chi connectivity index (χ1) is 12.4. The van der Waals surface area contributed by atoms with Crippen LogP contribution in [-0.4, -0.2) is 84.8 Å². The van der Waals surface area contributed by atoms with Crippen molar-refractivity contribution in [1.29, 1.82) is 0 Å². The standard InChI is InChI=1S/C19H33N5O2.HI/c1-5-11-20-18(21-14-17(26)22(3)4)23-12-13-24(16(2)25)19(15-23)9-7-6-8-10-19;/h5H,1,6-15H2,2-4H3,(H,20,21);1H. The fraction of sp³-hybridized carbons (Fsp3) is 0.737. The fourth-order valence-corrected chi connectivity index (χ4v) is 4.00. The predicted octanol–water partition coefficient (Wildman–Crippen LogP) is 1.69. The zero-order valence-electron chi connectivity index (χ0n) is 16.9. The van der Waals surface area contributed by atoms with Gasteiger partial charge in [-0.3, -0.25) is 9.59 Å². The molecule has 1 saturated carbocycles. The van der Waals surface area contributed by atoms with Crippen LogP contribution in [0.4, 0.5) is 0 Å². The number of carbonyl (C=O) groups excluding carboxylic acids is 2. The van der Waals surface area contributed by atoms with E-state index in [1.165, 1.54) is 6.42 Å². The summed E-state index contributed by atoms with van der Waals surface area (Å²) in [5.74, 6) is 0.859. The molecule has 0 aromatic rings. The number of piperazine rings is 1. The van der Waals surface area contributed by atoms with Crippen LogP contribution in [0.2, 0.25) is 0 Å². The second kappa shape index (κ2) is 10.9. The monoisotopic (exact) mass is 491 g/mol. The Kier molecular flexibility index (Phi) is 9.55. The lowest BCUT2D eigenvalue weighted by Gasteiger charge is -2.53. The molecule has 8 heteroatoms. The van der Waals surface area contributed by atoms with E-state index in [9.17, 15) is 9.59 Å². The predicted molar refractivity (Wildman–Crippen MR) is 119 cm³/mol. The van der Waals surface area contributed by atoms with Gasteiger partial charge in [-0.1, -0.05) is 25.3 Å². The largest absolute Gasteiger partial charge is 0.353 e. The van der Waals surface area contributed by atoms with Gasteiger partial charge in [-0.2, -0.15) is 0 Å². The van der Waals surface area contributed by atoms with Gasteiger partial charge in [0.15, 0.2) is 5.96 Å². The minimum Gasteiger partial charge on any atom is -0.353 e. The second-order valence-electron chi connectivity index (χ2n) is 7.47. The van der Waals surface area contributed by atoms with Crippen molar-refractivity contribution in [1.82, 2.24) is 20.0 Å². The molecule has 0 bridgehead atoms. The van der Waals surface area contributed by atoms with E-state index in [0.717, 1.165) is 44.7 Å². The highest BCUT2D eigenvalue weighted by molar-refractivity contribution is 14.0. The van der Waals surface area contributed by atoms with Crippen LogP contribution >= 0.6 is 24.0 Å². The van der Waals surface area contributed by atoms with E-state index < -0.39 is 0 Å². The smallest absolute Gasteiger partial charge is 0.243 e. The number of guanidine groups is 1. The van der Waals surface area contributed by atoms with Crippen LogP contribution in [0.5, 0.6) is 0 Å². The minimum atomic E-state index is -0.107. The molecule has 0 aromatic carbocycles. The third-order valence-corrected chi connectivity index (χ3v) is 5.38. The summed E-state index contributed by atoms with van der Waals surface area (Å²) in [6.07, 6.45) is 7.40. The van der Waals surface area contributed by atoms with E-state index in [2.05, 4.69) is 26.7 Å². The van der Waals surface area contributed by atoms with E-state index >= 15 is 0 Å². The first-order valence-electron chi connectivity index (χ1n) is 9.52. The molecule has 1 heterocycles. The van der Waals surface area contributed by atoms with Gasteiger partial charge in [0.25, 0.3) is 0 Å². The molecule has 2 aliphatic rings. The number of rotatable bonds is 4. The molecule has 2 fully saturated rings. The zero-order chi connectivity index (χ0) is 19.2. The molecule has 0 atom stereocenters. The van der Waals surface area contributed by atoms with Crippen LogP contribution in [0, 0.1) is 0 Å². The lowest BCUT2D eigenvalue weighted by atomic mass is 9.78. The average Bonchev–Trinajstić information content (AvgIpc) is 2.61. The van der Waals surface area contributed by atoms with E-state index in [4.69, 9.17) is 0 Å². The SMILES string of the molecule is C=CCNC(=NCC(=O)N(C)C)N1CCN(C(C)=O)C2(CCCCC2)C1.I. The Morgan fingerprint density at radius 3 is 2.44 bits per heavy atom. The highest BCUT2D eigenvalue weighted by Gasteiger charge is 2.44. The van der Waals surface area contributed by atoms with E-state index in [0.29, 0.717) is 13.1 Å². The van der Waals surface area contributed by atoms with Gasteiger partial charge in [-0.25, -0.2) is 4.99 Å². The Hall–Kier alpha value is -1.32. The van der Waals surface area contributed by atoms with E-state index in [1.807, 2.05) is 0 Å². The summed E-state index contributed by atoms with van der Waals surface area (Å²) in [5, 5.41) is 3.28. The van der Waals surface area contributed by atoms with Gasteiger partial charge in [0, 0.05) is 47.2 Å². The number of nitrogens with zero attached hydrogens (tertiary/aromatic N) is 4. The number of hydrogen-bond donors (Lipinski definition) is 1. The molecular weight excluding hydrogens is 457 g/mol. The zero-order valence-corrected chi connectivity index (χ0v) is 19.2. The van der Waals surface area contributed by atoms with Crippen molar-refractivity contribution in [2.75, 3.05) is 46.8 Å². The molecule has 1 N–H and O–H groups in total. The summed E-state index contributed by atoms with van der Waals surface area (Å²) < 4.78 is 0. The van der Waals surface area contributed by atoms with Crippen molar-refractivity contribution in [2.45, 2.75) is 44.6 Å². The lowest BCUT2D eigenvalue weighted by molar-refractivity contribution is -0.140. The first-order valence-corrected chi connectivity index (χ1v) is 9.52. The quantitative estimate of drug-likeness (QED) is 0.282. The van der Waals surface area contributed by atoms with Crippen LogP contribution in [-0.2, 0) is 9.59 Å². The Morgan fingerprint density at radius 2 is 1.89 bits per heavy atom. The molecule has 1 spiro atoms. The van der Waals surface area contributed by atoms with Crippen LogP contribution < -0.4 is 5.32 Å². The number of hydrogen-bond acceptors (Lipinski definition) is 3. The number of halogens is 1. The second-order valence-corrected chi connectivity index (χ2v) is 7.47. The third-order valence-electron chi connectivity index (χ3n) is 5.38. The molecule has 2 amide bonds. The summed E-state index contributed by atoms with van der Waals surface area (Å²) in [6.45, 7) is 8.33. The van der Waals surface area contributed by atoms with Crippen LogP contribution in [0.15, 0.2) is 17.6 Å². The van der Waals surface area contributed by atoms with Gasteiger partial charge in [0.05, 0.1) is 5.54 Å². The molecule has 0 unspecified atom stereocenters. The van der Waals surface area contributed by atoms with Gasteiger partial charge >= 0.3 is 0 Å². The van der Waals surface area contributed by atoms with Crippen LogP contribution in [0.3, 0.4) is 0 Å². The Bertz CT molecular complexity index is 558. The van der Waals surface area contributed by atoms with Crippen molar-refractivity contribution >= 4 is 41.8 Å². The number of aliphatic imine (C=N–C) groups is 1. The Morgan fingerprint density at radius 1 is 1.22 bits per heavy atom. The van der Waals surface area contributed by atoms with Crippen molar-refractivity contribution in [3.63, 3.8) is 0 Å². The van der Waals surface area contributed by atoms with E-state index in [-0.39, 0.29) is 47.9 Å². The molecule has 0 aromatic heterocycles. The number of carbonyl (C=O) groups is 2. The fourth-order valence-electron chi connectivity index (χ4n) is 4.00. The van der Waals surface area contributed by atoms with Gasteiger partial charge in [0.1, 0.15) is 6.54 Å². The number of amides is 2. The maximum atomic E-state index is 12.2. The normalized spacial score (nSPS) is 19.3. The Balaban J connectivity index is 0.00000364. The number of likely N-dealkylation sites (N-methyl/N-ethyl adjacent to an activating group) is 1. The summed E-state index contributed by atoms with van der Waals surface area (Å²) in [7, 11) is 3.47. The van der Waals surface area contributed by atoms with Crippen LogP contribution in [0.1, 0.15) is 39.0 Å². The van der Waals surface area contributed by atoms with Gasteiger partial charge in [-0.15, -0.1) is 30.6 Å². The lowest BCUT2D eigenvalue weighted by Crippen LogP contribution is -2.66. The highest BCUT2D eigenvalue weighted by atomic mass is 127. The first kappa shape index (κ1) is 23.7. The molecule has 154 valence electrons. The molecule has 1 aliphatic heterocycles. The average molecular weight is 491 g/mol. The summed E-state index contributed by atoms with van der Waals surface area (Å²) in [6, 6.07) is 0. The topological polar surface area (TPSA) is 68.2 Å². The maximum absolute atomic E-state index is 12.2. The van der Waals surface area contributed by atoms with Crippen molar-refractivity contribution in [2.24, 2.45) is 4.99 Å². The van der Waals surface area contributed by atoms with Crippen molar-refractivity contribution < 1.29 is 9.59 Å². The van der Waals surface area contributed by atoms with E-state index in [1.54, 1.807) is 32.0 Å². The maximum Gasteiger partial charge on any atom is 0.243 e. The molecular formula is C19H34IN5O2. The molecule has 2 rings (SSSR count). The minimum absolute atomic E-state index is 0. The van der Waals surface area contributed by atoms with Gasteiger partial charge < -0.3 is 20.0 Å². The van der Waals surface area contributed by atoms with Crippen molar-refractivity contribution in [3.8, 4) is 0 Å². The summed E-state index contributed by atoms with van der Waals surface area (Å²) >= 11 is 0. The molecule has 7 nitrogen and oxygen atoms in total. The summed E-state index contributed by atoms with van der Waals surface area (Å²) in [4.78, 5) is 34.5. The molecule has 0 radical (unpaired) electrons. The summed E-state index contributed by atoms with van der Waals surface area (Å²) in [5.41, 5.74) is -0.107. The Labute approximate surface area is 180 Å². The van der Waals surface area contributed by atoms with Crippen LogP contribution in [0.25, 0.3) is 0 Å². The van der Waals surface area contributed by atoms with Gasteiger partial charge in [0.2, 0.25) is 11.8 Å². The molecule has 1 saturated heterocycles. The van der Waals surface area contributed by atoms with Crippen molar-refractivity contribution in [3.05, 3.63) is 12.7 Å². The molecule has 1 aliphatic carbocycles.